The van der Waals surface area contributed by atoms with E-state index in [0.717, 1.165) is 0 Å². The molecule has 1 atom stereocenters. The van der Waals surface area contributed by atoms with E-state index in [2.05, 4.69) is 5.32 Å². The quantitative estimate of drug-likeness (QED) is 0.812. The van der Waals surface area contributed by atoms with Crippen molar-refractivity contribution in [3.8, 4) is 5.75 Å². The molecular formula is C13H20N2O2. The molecule has 3 N–H and O–H groups in total. The van der Waals surface area contributed by atoms with Gasteiger partial charge in [0.15, 0.2) is 0 Å². The summed E-state index contributed by atoms with van der Waals surface area (Å²) in [6.45, 7) is 4.52. The van der Waals surface area contributed by atoms with E-state index in [1.54, 1.807) is 25.3 Å². The summed E-state index contributed by atoms with van der Waals surface area (Å²) < 4.78 is 5.13. The first-order chi connectivity index (χ1) is 8.06. The van der Waals surface area contributed by atoms with Crippen LogP contribution in [0.2, 0.25) is 0 Å². The van der Waals surface area contributed by atoms with Gasteiger partial charge in [0.05, 0.1) is 12.7 Å². The lowest BCUT2D eigenvalue weighted by Gasteiger charge is -2.16. The van der Waals surface area contributed by atoms with Crippen LogP contribution in [0.3, 0.4) is 0 Å². The molecule has 0 bridgehead atoms. The van der Waals surface area contributed by atoms with Crippen LogP contribution in [0.5, 0.6) is 5.75 Å². The largest absolute Gasteiger partial charge is 0.496 e. The average Bonchev–Trinajstić information content (AvgIpc) is 2.35. The fraction of sp³-hybridized carbons (Fsp3) is 0.462. The SMILES string of the molecule is COc1ccccc1C(=O)NCC(N)C(C)C. The maximum absolute atomic E-state index is 11.9. The number of ether oxygens (including phenoxy) is 1. The maximum Gasteiger partial charge on any atom is 0.255 e. The van der Waals surface area contributed by atoms with E-state index in [1.807, 2.05) is 19.9 Å². The molecule has 0 fully saturated rings. The Bertz CT molecular complexity index is 377. The van der Waals surface area contributed by atoms with E-state index < -0.39 is 0 Å². The third-order valence-corrected chi connectivity index (χ3v) is 2.71. The summed E-state index contributed by atoms with van der Waals surface area (Å²) in [6.07, 6.45) is 0. The van der Waals surface area contributed by atoms with Crippen molar-refractivity contribution in [3.05, 3.63) is 29.8 Å². The van der Waals surface area contributed by atoms with E-state index in [-0.39, 0.29) is 11.9 Å². The van der Waals surface area contributed by atoms with Gasteiger partial charge in [0.1, 0.15) is 5.75 Å². The van der Waals surface area contributed by atoms with Crippen molar-refractivity contribution in [1.29, 1.82) is 0 Å². The number of rotatable bonds is 5. The number of benzene rings is 1. The highest BCUT2D eigenvalue weighted by Crippen LogP contribution is 2.16. The maximum atomic E-state index is 11.9. The minimum Gasteiger partial charge on any atom is -0.496 e. The minimum atomic E-state index is -0.154. The zero-order valence-corrected chi connectivity index (χ0v) is 10.6. The summed E-state index contributed by atoms with van der Waals surface area (Å²) in [6, 6.07) is 7.09. The molecule has 0 radical (unpaired) electrons. The van der Waals surface area contributed by atoms with Crippen molar-refractivity contribution in [3.63, 3.8) is 0 Å². The molecule has 17 heavy (non-hydrogen) atoms. The first-order valence-electron chi connectivity index (χ1n) is 5.73. The van der Waals surface area contributed by atoms with Crippen molar-refractivity contribution in [1.82, 2.24) is 5.32 Å². The molecule has 0 saturated carbocycles. The Balaban J connectivity index is 2.64. The molecule has 0 aromatic heterocycles. The predicted octanol–water partition coefficient (Wildman–Crippen LogP) is 1.41. The van der Waals surface area contributed by atoms with E-state index in [4.69, 9.17) is 10.5 Å². The lowest BCUT2D eigenvalue weighted by molar-refractivity contribution is 0.0946. The third kappa shape index (κ3) is 3.75. The second-order valence-corrected chi connectivity index (χ2v) is 4.32. The Hall–Kier alpha value is -1.55. The number of carbonyl (C=O) groups is 1. The van der Waals surface area contributed by atoms with Crippen LogP contribution >= 0.6 is 0 Å². The standard InChI is InChI=1S/C13H20N2O2/c1-9(2)11(14)8-15-13(16)10-6-4-5-7-12(10)17-3/h4-7,9,11H,8,14H2,1-3H3,(H,15,16). The number of methoxy groups -OCH3 is 1. The second kappa shape index (κ2) is 6.25. The topological polar surface area (TPSA) is 64.3 Å². The highest BCUT2D eigenvalue weighted by Gasteiger charge is 2.13. The molecule has 0 heterocycles. The van der Waals surface area contributed by atoms with Gasteiger partial charge in [0.2, 0.25) is 0 Å². The lowest BCUT2D eigenvalue weighted by Crippen LogP contribution is -2.40. The molecular weight excluding hydrogens is 216 g/mol. The molecule has 1 aromatic rings. The van der Waals surface area contributed by atoms with Crippen molar-refractivity contribution in [2.75, 3.05) is 13.7 Å². The number of hydrogen-bond acceptors (Lipinski definition) is 3. The molecule has 0 saturated heterocycles. The summed E-state index contributed by atoms with van der Waals surface area (Å²) in [5.41, 5.74) is 6.40. The van der Waals surface area contributed by atoms with Gasteiger partial charge in [0.25, 0.3) is 5.91 Å². The van der Waals surface area contributed by atoms with Gasteiger partial charge in [-0.3, -0.25) is 4.79 Å². The zero-order valence-electron chi connectivity index (χ0n) is 10.6. The number of para-hydroxylation sites is 1. The fourth-order valence-electron chi connectivity index (χ4n) is 1.37. The third-order valence-electron chi connectivity index (χ3n) is 2.71. The van der Waals surface area contributed by atoms with Crippen LogP contribution in [-0.4, -0.2) is 25.6 Å². The first kappa shape index (κ1) is 13.5. The predicted molar refractivity (Wildman–Crippen MR) is 68.1 cm³/mol. The van der Waals surface area contributed by atoms with Crippen LogP contribution in [0.4, 0.5) is 0 Å². The molecule has 4 nitrogen and oxygen atoms in total. The fourth-order valence-corrected chi connectivity index (χ4v) is 1.37. The smallest absolute Gasteiger partial charge is 0.255 e. The van der Waals surface area contributed by atoms with Crippen LogP contribution in [0.15, 0.2) is 24.3 Å². The first-order valence-corrected chi connectivity index (χ1v) is 5.73. The summed E-state index contributed by atoms with van der Waals surface area (Å²) in [5.74, 6) is 0.759. The molecule has 94 valence electrons. The number of hydrogen-bond donors (Lipinski definition) is 2. The second-order valence-electron chi connectivity index (χ2n) is 4.32. The average molecular weight is 236 g/mol. The van der Waals surface area contributed by atoms with E-state index >= 15 is 0 Å². The van der Waals surface area contributed by atoms with Gasteiger partial charge in [0, 0.05) is 12.6 Å². The van der Waals surface area contributed by atoms with E-state index in [0.29, 0.717) is 23.8 Å². The zero-order chi connectivity index (χ0) is 12.8. The van der Waals surface area contributed by atoms with Crippen LogP contribution in [-0.2, 0) is 0 Å². The Morgan fingerprint density at radius 3 is 2.65 bits per heavy atom. The van der Waals surface area contributed by atoms with Gasteiger partial charge >= 0.3 is 0 Å². The monoisotopic (exact) mass is 236 g/mol. The van der Waals surface area contributed by atoms with Crippen molar-refractivity contribution < 1.29 is 9.53 Å². The van der Waals surface area contributed by atoms with Gasteiger partial charge in [-0.1, -0.05) is 26.0 Å². The number of amides is 1. The molecule has 0 spiro atoms. The molecule has 0 aliphatic heterocycles. The molecule has 1 aromatic carbocycles. The molecule has 1 unspecified atom stereocenters. The van der Waals surface area contributed by atoms with Gasteiger partial charge in [-0.2, -0.15) is 0 Å². The normalized spacial score (nSPS) is 12.3. The minimum absolute atomic E-state index is 0.0337. The Kier molecular flexibility index (Phi) is 4.97. The van der Waals surface area contributed by atoms with Crippen molar-refractivity contribution in [2.45, 2.75) is 19.9 Å². The highest BCUT2D eigenvalue weighted by molar-refractivity contribution is 5.96. The van der Waals surface area contributed by atoms with E-state index in [1.165, 1.54) is 0 Å². The van der Waals surface area contributed by atoms with Gasteiger partial charge in [-0.15, -0.1) is 0 Å². The van der Waals surface area contributed by atoms with Gasteiger partial charge in [-0.05, 0) is 18.1 Å². The van der Waals surface area contributed by atoms with Crippen LogP contribution in [0, 0.1) is 5.92 Å². The Morgan fingerprint density at radius 2 is 2.06 bits per heavy atom. The van der Waals surface area contributed by atoms with Gasteiger partial charge < -0.3 is 15.8 Å². The molecule has 1 amide bonds. The molecule has 1 rings (SSSR count). The summed E-state index contributed by atoms with van der Waals surface area (Å²) in [7, 11) is 1.55. The van der Waals surface area contributed by atoms with Crippen LogP contribution in [0.25, 0.3) is 0 Å². The highest BCUT2D eigenvalue weighted by atomic mass is 16.5. The lowest BCUT2D eigenvalue weighted by atomic mass is 10.1. The summed E-state index contributed by atoms with van der Waals surface area (Å²) >= 11 is 0. The molecule has 0 aliphatic rings. The number of carbonyl (C=O) groups excluding carboxylic acids is 1. The number of nitrogens with one attached hydrogen (secondary N) is 1. The van der Waals surface area contributed by atoms with E-state index in [9.17, 15) is 4.79 Å². The number of nitrogens with two attached hydrogens (primary N) is 1. The Morgan fingerprint density at radius 1 is 1.41 bits per heavy atom. The van der Waals surface area contributed by atoms with Crippen molar-refractivity contribution in [2.24, 2.45) is 11.7 Å². The summed E-state index contributed by atoms with van der Waals surface area (Å²) in [5, 5.41) is 2.81. The van der Waals surface area contributed by atoms with Gasteiger partial charge in [-0.25, -0.2) is 0 Å². The summed E-state index contributed by atoms with van der Waals surface area (Å²) in [4.78, 5) is 11.9. The van der Waals surface area contributed by atoms with Crippen molar-refractivity contribution >= 4 is 5.91 Å². The van der Waals surface area contributed by atoms with Crippen LogP contribution < -0.4 is 15.8 Å². The van der Waals surface area contributed by atoms with Crippen LogP contribution in [0.1, 0.15) is 24.2 Å². The molecule has 0 aliphatic carbocycles. The molecule has 4 heteroatoms. The Labute approximate surface area is 102 Å².